The third-order valence-corrected chi connectivity index (χ3v) is 3.83. The summed E-state index contributed by atoms with van der Waals surface area (Å²) < 4.78 is 0. The second kappa shape index (κ2) is 7.99. The van der Waals surface area contributed by atoms with E-state index in [1.54, 1.807) is 18.2 Å². The molecule has 0 aliphatic heterocycles. The summed E-state index contributed by atoms with van der Waals surface area (Å²) in [6.45, 7) is 1.81. The van der Waals surface area contributed by atoms with Crippen LogP contribution in [0.4, 0.5) is 5.69 Å². The number of anilines is 1. The lowest BCUT2D eigenvalue weighted by Gasteiger charge is -2.09. The molecule has 0 aromatic heterocycles. The first-order chi connectivity index (χ1) is 11.0. The molecule has 0 aliphatic carbocycles. The number of benzene rings is 2. The fourth-order valence-electron chi connectivity index (χ4n) is 2.01. The van der Waals surface area contributed by atoms with E-state index in [4.69, 9.17) is 23.2 Å². The molecule has 0 radical (unpaired) electrons. The molecule has 2 rings (SSSR count). The summed E-state index contributed by atoms with van der Waals surface area (Å²) in [5, 5.41) is 6.05. The second-order valence-electron chi connectivity index (χ2n) is 5.05. The van der Waals surface area contributed by atoms with Crippen LogP contribution in [0.1, 0.15) is 11.1 Å². The van der Waals surface area contributed by atoms with Crippen molar-refractivity contribution in [3.05, 3.63) is 63.6 Å². The highest BCUT2D eigenvalue weighted by atomic mass is 35.5. The summed E-state index contributed by atoms with van der Waals surface area (Å²) in [5.41, 5.74) is 2.39. The van der Waals surface area contributed by atoms with E-state index in [9.17, 15) is 9.59 Å². The highest BCUT2D eigenvalue weighted by Gasteiger charge is 2.10. The molecule has 2 aromatic carbocycles. The number of hydrogen-bond donors (Lipinski definition) is 2. The van der Waals surface area contributed by atoms with Crippen LogP contribution < -0.4 is 10.6 Å². The number of carbonyl (C=O) groups is 2. The maximum atomic E-state index is 11.9. The van der Waals surface area contributed by atoms with E-state index in [1.165, 1.54) is 0 Å². The molecule has 6 heteroatoms. The van der Waals surface area contributed by atoms with Gasteiger partial charge >= 0.3 is 0 Å². The van der Waals surface area contributed by atoms with Crippen molar-refractivity contribution in [2.45, 2.75) is 13.3 Å². The normalized spacial score (nSPS) is 10.2. The molecule has 0 fully saturated rings. The van der Waals surface area contributed by atoms with Gasteiger partial charge in [0.25, 0.3) is 0 Å². The minimum absolute atomic E-state index is 0.131. The van der Waals surface area contributed by atoms with E-state index in [0.29, 0.717) is 15.7 Å². The molecule has 0 atom stereocenters. The van der Waals surface area contributed by atoms with Gasteiger partial charge in [0.15, 0.2) is 0 Å². The van der Waals surface area contributed by atoms with Gasteiger partial charge in [0.05, 0.1) is 23.7 Å². The first kappa shape index (κ1) is 17.3. The second-order valence-corrected chi connectivity index (χ2v) is 5.90. The van der Waals surface area contributed by atoms with Crippen molar-refractivity contribution >= 4 is 40.7 Å². The Morgan fingerprint density at radius 1 is 1.04 bits per heavy atom. The van der Waals surface area contributed by atoms with Gasteiger partial charge in [0.1, 0.15) is 0 Å². The molecular formula is C17H16Cl2N2O2. The number of amides is 2. The molecule has 0 aliphatic rings. The van der Waals surface area contributed by atoms with E-state index in [0.717, 1.165) is 11.1 Å². The molecule has 0 spiro atoms. The Kier molecular flexibility index (Phi) is 6.02. The minimum Gasteiger partial charge on any atom is -0.347 e. The molecule has 23 heavy (non-hydrogen) atoms. The maximum absolute atomic E-state index is 11.9. The van der Waals surface area contributed by atoms with Gasteiger partial charge in [-0.15, -0.1) is 0 Å². The lowest BCUT2D eigenvalue weighted by atomic mass is 10.1. The van der Waals surface area contributed by atoms with Crippen LogP contribution in [0.25, 0.3) is 0 Å². The number of aryl methyl sites for hydroxylation is 1. The molecule has 2 aromatic rings. The lowest BCUT2D eigenvalue weighted by molar-refractivity contribution is -0.123. The third-order valence-electron chi connectivity index (χ3n) is 3.26. The molecule has 2 amide bonds. The summed E-state index contributed by atoms with van der Waals surface area (Å²) in [5.74, 6) is -0.584. The lowest BCUT2D eigenvalue weighted by Crippen LogP contribution is -2.33. The standard InChI is InChI=1S/C17H16Cl2N2O2/c1-11-4-2-3-5-12(11)8-16(22)20-10-17(23)21-15-9-13(18)6-7-14(15)19/h2-7,9H,8,10H2,1H3,(H,20,22)(H,21,23). The Morgan fingerprint density at radius 3 is 2.52 bits per heavy atom. The molecule has 4 nitrogen and oxygen atoms in total. The Bertz CT molecular complexity index is 732. The topological polar surface area (TPSA) is 58.2 Å². The highest BCUT2D eigenvalue weighted by molar-refractivity contribution is 6.35. The summed E-state index contributed by atoms with van der Waals surface area (Å²) >= 11 is 11.8. The number of hydrogen-bond acceptors (Lipinski definition) is 2. The number of rotatable bonds is 5. The van der Waals surface area contributed by atoms with Crippen molar-refractivity contribution in [3.63, 3.8) is 0 Å². The first-order valence-electron chi connectivity index (χ1n) is 7.02. The maximum Gasteiger partial charge on any atom is 0.243 e. The molecule has 0 heterocycles. The van der Waals surface area contributed by atoms with Crippen molar-refractivity contribution in [2.24, 2.45) is 0 Å². The summed E-state index contributed by atoms with van der Waals surface area (Å²) in [6.07, 6.45) is 0.234. The van der Waals surface area contributed by atoms with Crippen molar-refractivity contribution in [3.8, 4) is 0 Å². The highest BCUT2D eigenvalue weighted by Crippen LogP contribution is 2.25. The van der Waals surface area contributed by atoms with Gasteiger partial charge in [0, 0.05) is 5.02 Å². The van der Waals surface area contributed by atoms with Crippen molar-refractivity contribution in [1.82, 2.24) is 5.32 Å². The Morgan fingerprint density at radius 2 is 1.78 bits per heavy atom. The quantitative estimate of drug-likeness (QED) is 0.865. The molecule has 0 unspecified atom stereocenters. The van der Waals surface area contributed by atoms with Gasteiger partial charge in [-0.05, 0) is 36.2 Å². The predicted molar refractivity (Wildman–Crippen MR) is 93.0 cm³/mol. The monoisotopic (exact) mass is 350 g/mol. The number of carbonyl (C=O) groups excluding carboxylic acids is 2. The minimum atomic E-state index is -0.368. The van der Waals surface area contributed by atoms with Crippen LogP contribution >= 0.6 is 23.2 Å². The van der Waals surface area contributed by atoms with Gasteiger partial charge in [-0.2, -0.15) is 0 Å². The van der Waals surface area contributed by atoms with Crippen LogP contribution in [0.5, 0.6) is 0 Å². The molecule has 0 saturated heterocycles. The van der Waals surface area contributed by atoms with Crippen molar-refractivity contribution in [2.75, 3.05) is 11.9 Å². The van der Waals surface area contributed by atoms with E-state index in [2.05, 4.69) is 10.6 Å². The van der Waals surface area contributed by atoms with Gasteiger partial charge in [-0.25, -0.2) is 0 Å². The van der Waals surface area contributed by atoms with E-state index in [1.807, 2.05) is 31.2 Å². The molecule has 0 saturated carbocycles. The summed E-state index contributed by atoms with van der Waals surface area (Å²) in [7, 11) is 0. The zero-order valence-electron chi connectivity index (χ0n) is 12.5. The first-order valence-corrected chi connectivity index (χ1v) is 7.77. The van der Waals surface area contributed by atoms with Gasteiger partial charge in [0.2, 0.25) is 11.8 Å². The predicted octanol–water partition coefficient (Wildman–Crippen LogP) is 3.60. The van der Waals surface area contributed by atoms with Crippen molar-refractivity contribution < 1.29 is 9.59 Å². The van der Waals surface area contributed by atoms with Crippen molar-refractivity contribution in [1.29, 1.82) is 0 Å². The van der Waals surface area contributed by atoms with Crippen LogP contribution in [0.2, 0.25) is 10.0 Å². The largest absolute Gasteiger partial charge is 0.347 e. The SMILES string of the molecule is Cc1ccccc1CC(=O)NCC(=O)Nc1cc(Cl)ccc1Cl. The number of halogens is 2. The van der Waals surface area contributed by atoms with E-state index >= 15 is 0 Å². The van der Waals surface area contributed by atoms with Gasteiger partial charge < -0.3 is 10.6 Å². The fourth-order valence-corrected chi connectivity index (χ4v) is 2.35. The summed E-state index contributed by atoms with van der Waals surface area (Å²) in [6, 6.07) is 12.4. The third kappa shape index (κ3) is 5.27. The summed E-state index contributed by atoms with van der Waals surface area (Å²) in [4.78, 5) is 23.8. The molecule has 0 bridgehead atoms. The van der Waals surface area contributed by atoms with Crippen LogP contribution in [0.15, 0.2) is 42.5 Å². The van der Waals surface area contributed by atoms with Crippen LogP contribution in [0, 0.1) is 6.92 Å². The fraction of sp³-hybridized carbons (Fsp3) is 0.176. The Hall–Kier alpha value is -2.04. The van der Waals surface area contributed by atoms with Crippen LogP contribution in [0.3, 0.4) is 0 Å². The molecule has 2 N–H and O–H groups in total. The van der Waals surface area contributed by atoms with Gasteiger partial charge in [-0.1, -0.05) is 47.5 Å². The Balaban J connectivity index is 1.85. The smallest absolute Gasteiger partial charge is 0.243 e. The van der Waals surface area contributed by atoms with Crippen LogP contribution in [-0.4, -0.2) is 18.4 Å². The Labute approximate surface area is 144 Å². The van der Waals surface area contributed by atoms with Crippen LogP contribution in [-0.2, 0) is 16.0 Å². The van der Waals surface area contributed by atoms with E-state index in [-0.39, 0.29) is 24.8 Å². The average Bonchev–Trinajstić information content (AvgIpc) is 2.51. The molecule has 120 valence electrons. The van der Waals surface area contributed by atoms with E-state index < -0.39 is 0 Å². The average molecular weight is 351 g/mol. The number of nitrogens with one attached hydrogen (secondary N) is 2. The molecular weight excluding hydrogens is 335 g/mol. The zero-order valence-corrected chi connectivity index (χ0v) is 14.0. The van der Waals surface area contributed by atoms with Gasteiger partial charge in [-0.3, -0.25) is 9.59 Å². The zero-order chi connectivity index (χ0) is 16.8.